The van der Waals surface area contributed by atoms with Gasteiger partial charge in [0.05, 0.1) is 0 Å². The van der Waals surface area contributed by atoms with E-state index in [1.165, 1.54) is 0 Å². The minimum Gasteiger partial charge on any atom is -0.436 e. The maximum atomic E-state index is 12.3. The summed E-state index contributed by atoms with van der Waals surface area (Å²) in [5.74, 6) is 0.372. The van der Waals surface area contributed by atoms with Crippen LogP contribution in [-0.4, -0.2) is 10.9 Å². The lowest BCUT2D eigenvalue weighted by Gasteiger charge is -2.06. The van der Waals surface area contributed by atoms with Crippen LogP contribution in [0.15, 0.2) is 71.1 Å². The quantitative estimate of drug-likeness (QED) is 0.508. The van der Waals surface area contributed by atoms with Crippen molar-refractivity contribution in [3.05, 3.63) is 82.9 Å². The molecule has 128 valence electrons. The molecule has 0 atom stereocenters. The average Bonchev–Trinajstić information content (AvgIpc) is 3.05. The maximum absolute atomic E-state index is 12.3. The second-order valence-electron chi connectivity index (χ2n) is 6.03. The van der Waals surface area contributed by atoms with Crippen molar-refractivity contribution in [2.75, 3.05) is 5.32 Å². The lowest BCUT2D eigenvalue weighted by molar-refractivity contribution is 0.102. The molecule has 1 aromatic heterocycles. The van der Waals surface area contributed by atoms with Crippen LogP contribution in [0.2, 0.25) is 5.02 Å². The Bertz CT molecular complexity index is 1100. The molecule has 4 nitrogen and oxygen atoms in total. The van der Waals surface area contributed by atoms with Crippen LogP contribution in [0.5, 0.6) is 0 Å². The van der Waals surface area contributed by atoms with Gasteiger partial charge in [0.15, 0.2) is 5.58 Å². The standard InChI is InChI=1S/C21H15ClN2O2/c1-13-3-2-4-15(11-13)20(25)23-17-8-5-14(6-9-17)21-24-18-12-16(22)7-10-19(18)26-21/h2-12H,1H3,(H,23,25). The summed E-state index contributed by atoms with van der Waals surface area (Å²) in [5, 5.41) is 3.51. The Morgan fingerprint density at radius 3 is 2.62 bits per heavy atom. The zero-order valence-corrected chi connectivity index (χ0v) is 14.7. The summed E-state index contributed by atoms with van der Waals surface area (Å²) < 4.78 is 5.76. The molecule has 0 fully saturated rings. The van der Waals surface area contributed by atoms with Gasteiger partial charge in [-0.2, -0.15) is 0 Å². The zero-order chi connectivity index (χ0) is 18.1. The van der Waals surface area contributed by atoms with Crippen LogP contribution in [0.1, 0.15) is 15.9 Å². The van der Waals surface area contributed by atoms with Crippen molar-refractivity contribution in [1.29, 1.82) is 0 Å². The fourth-order valence-electron chi connectivity index (χ4n) is 2.71. The summed E-state index contributed by atoms with van der Waals surface area (Å²) in [7, 11) is 0. The highest BCUT2D eigenvalue weighted by atomic mass is 35.5. The number of fused-ring (bicyclic) bond motifs is 1. The van der Waals surface area contributed by atoms with Crippen LogP contribution in [0.25, 0.3) is 22.6 Å². The third kappa shape index (κ3) is 3.32. The van der Waals surface area contributed by atoms with Crippen LogP contribution in [0.4, 0.5) is 5.69 Å². The number of amides is 1. The number of hydrogen-bond acceptors (Lipinski definition) is 3. The largest absolute Gasteiger partial charge is 0.436 e. The van der Waals surface area contributed by atoms with Crippen molar-refractivity contribution in [2.24, 2.45) is 0 Å². The Morgan fingerprint density at radius 1 is 1.04 bits per heavy atom. The Morgan fingerprint density at radius 2 is 1.85 bits per heavy atom. The number of rotatable bonds is 3. The minimum absolute atomic E-state index is 0.141. The van der Waals surface area contributed by atoms with Gasteiger partial charge in [-0.05, 0) is 61.5 Å². The lowest BCUT2D eigenvalue weighted by atomic mass is 10.1. The first-order valence-electron chi connectivity index (χ1n) is 8.13. The first-order valence-corrected chi connectivity index (χ1v) is 8.51. The Hall–Kier alpha value is -3.11. The number of oxazole rings is 1. The van der Waals surface area contributed by atoms with E-state index in [1.807, 2.05) is 49.4 Å². The number of aryl methyl sites for hydroxylation is 1. The van der Waals surface area contributed by atoms with Crippen LogP contribution in [-0.2, 0) is 0 Å². The SMILES string of the molecule is Cc1cccc(C(=O)Nc2ccc(-c3nc4cc(Cl)ccc4o3)cc2)c1. The highest BCUT2D eigenvalue weighted by molar-refractivity contribution is 6.31. The molecule has 0 radical (unpaired) electrons. The summed E-state index contributed by atoms with van der Waals surface area (Å²) in [6.07, 6.45) is 0. The van der Waals surface area contributed by atoms with Crippen molar-refractivity contribution in [3.8, 4) is 11.5 Å². The Kier molecular flexibility index (Phi) is 4.19. The van der Waals surface area contributed by atoms with Crippen LogP contribution in [0, 0.1) is 6.92 Å². The normalized spacial score (nSPS) is 10.8. The average molecular weight is 363 g/mol. The van der Waals surface area contributed by atoms with Gasteiger partial charge < -0.3 is 9.73 Å². The summed E-state index contributed by atoms with van der Waals surface area (Å²) in [6.45, 7) is 1.96. The van der Waals surface area contributed by atoms with Gasteiger partial charge in [0, 0.05) is 21.8 Å². The monoisotopic (exact) mass is 362 g/mol. The smallest absolute Gasteiger partial charge is 0.255 e. The highest BCUT2D eigenvalue weighted by Gasteiger charge is 2.10. The minimum atomic E-state index is -0.141. The molecule has 0 saturated carbocycles. The van der Waals surface area contributed by atoms with E-state index in [4.69, 9.17) is 16.0 Å². The molecule has 1 N–H and O–H groups in total. The fourth-order valence-corrected chi connectivity index (χ4v) is 2.88. The molecular formula is C21H15ClN2O2. The lowest BCUT2D eigenvalue weighted by Crippen LogP contribution is -2.11. The maximum Gasteiger partial charge on any atom is 0.255 e. The van der Waals surface area contributed by atoms with Gasteiger partial charge in [-0.25, -0.2) is 4.98 Å². The predicted octanol–water partition coefficient (Wildman–Crippen LogP) is 5.71. The van der Waals surface area contributed by atoms with E-state index >= 15 is 0 Å². The van der Waals surface area contributed by atoms with Gasteiger partial charge in [0.2, 0.25) is 5.89 Å². The number of benzene rings is 3. The Labute approximate surface area is 155 Å². The molecule has 0 spiro atoms. The van der Waals surface area contributed by atoms with E-state index in [0.29, 0.717) is 33.3 Å². The van der Waals surface area contributed by atoms with Crippen molar-refractivity contribution >= 4 is 34.3 Å². The number of anilines is 1. The molecule has 5 heteroatoms. The van der Waals surface area contributed by atoms with Crippen LogP contribution < -0.4 is 5.32 Å². The van der Waals surface area contributed by atoms with E-state index in [0.717, 1.165) is 11.1 Å². The number of carbonyl (C=O) groups excluding carboxylic acids is 1. The first-order chi connectivity index (χ1) is 12.6. The predicted molar refractivity (Wildman–Crippen MR) is 104 cm³/mol. The third-order valence-corrected chi connectivity index (χ3v) is 4.25. The number of nitrogens with one attached hydrogen (secondary N) is 1. The molecule has 26 heavy (non-hydrogen) atoms. The van der Waals surface area contributed by atoms with E-state index < -0.39 is 0 Å². The third-order valence-electron chi connectivity index (χ3n) is 4.02. The van der Waals surface area contributed by atoms with E-state index in [9.17, 15) is 4.79 Å². The molecule has 0 unspecified atom stereocenters. The number of hydrogen-bond donors (Lipinski definition) is 1. The fraction of sp³-hybridized carbons (Fsp3) is 0.0476. The summed E-state index contributed by atoms with van der Waals surface area (Å²) >= 11 is 5.98. The van der Waals surface area contributed by atoms with Gasteiger partial charge in [-0.1, -0.05) is 29.3 Å². The van der Waals surface area contributed by atoms with Crippen LogP contribution in [0.3, 0.4) is 0 Å². The molecule has 0 bridgehead atoms. The summed E-state index contributed by atoms with van der Waals surface area (Å²) in [4.78, 5) is 16.8. The van der Waals surface area contributed by atoms with E-state index in [-0.39, 0.29) is 5.91 Å². The highest BCUT2D eigenvalue weighted by Crippen LogP contribution is 2.27. The Balaban J connectivity index is 1.55. The topological polar surface area (TPSA) is 55.1 Å². The number of nitrogens with zero attached hydrogens (tertiary/aromatic N) is 1. The van der Waals surface area contributed by atoms with Crippen molar-refractivity contribution in [1.82, 2.24) is 4.98 Å². The number of halogens is 1. The van der Waals surface area contributed by atoms with Crippen molar-refractivity contribution < 1.29 is 9.21 Å². The first kappa shape index (κ1) is 16.4. The molecule has 1 amide bonds. The molecule has 1 heterocycles. The molecule has 0 saturated heterocycles. The van der Waals surface area contributed by atoms with Gasteiger partial charge in [-0.15, -0.1) is 0 Å². The van der Waals surface area contributed by atoms with Crippen molar-refractivity contribution in [2.45, 2.75) is 6.92 Å². The summed E-state index contributed by atoms with van der Waals surface area (Å²) in [6, 6.07) is 20.2. The van der Waals surface area contributed by atoms with Gasteiger partial charge in [-0.3, -0.25) is 4.79 Å². The van der Waals surface area contributed by atoms with Crippen molar-refractivity contribution in [3.63, 3.8) is 0 Å². The zero-order valence-electron chi connectivity index (χ0n) is 14.0. The second kappa shape index (κ2) is 6.65. The van der Waals surface area contributed by atoms with Gasteiger partial charge >= 0.3 is 0 Å². The van der Waals surface area contributed by atoms with E-state index in [2.05, 4.69) is 10.3 Å². The second-order valence-corrected chi connectivity index (χ2v) is 6.47. The van der Waals surface area contributed by atoms with Crippen LogP contribution >= 0.6 is 11.6 Å². The summed E-state index contributed by atoms with van der Waals surface area (Å²) in [5.41, 5.74) is 4.60. The van der Waals surface area contributed by atoms with Gasteiger partial charge in [0.1, 0.15) is 5.52 Å². The molecule has 4 aromatic rings. The van der Waals surface area contributed by atoms with E-state index in [1.54, 1.807) is 24.3 Å². The van der Waals surface area contributed by atoms with Gasteiger partial charge in [0.25, 0.3) is 5.91 Å². The molecule has 0 aliphatic heterocycles. The molecule has 4 rings (SSSR count). The molecular weight excluding hydrogens is 348 g/mol. The molecule has 0 aliphatic carbocycles. The number of aromatic nitrogens is 1. The molecule has 3 aromatic carbocycles. The number of carbonyl (C=O) groups is 1. The molecule has 0 aliphatic rings.